The lowest BCUT2D eigenvalue weighted by Crippen LogP contribution is -2.35. The average Bonchev–Trinajstić information content (AvgIpc) is 2.93. The summed E-state index contributed by atoms with van der Waals surface area (Å²) in [6.45, 7) is 2.97. The molecule has 0 aromatic heterocycles. The Morgan fingerprint density at radius 2 is 2.00 bits per heavy atom. The van der Waals surface area contributed by atoms with Gasteiger partial charge in [-0.05, 0) is 54.0 Å². The second-order valence-corrected chi connectivity index (χ2v) is 8.06. The van der Waals surface area contributed by atoms with Gasteiger partial charge >= 0.3 is 0 Å². The molecule has 21 heavy (non-hydrogen) atoms. The third-order valence-electron chi connectivity index (χ3n) is 3.64. The van der Waals surface area contributed by atoms with E-state index in [0.717, 1.165) is 32.0 Å². The van der Waals surface area contributed by atoms with E-state index >= 15 is 0 Å². The van der Waals surface area contributed by atoms with Crippen molar-refractivity contribution in [1.29, 1.82) is 0 Å². The van der Waals surface area contributed by atoms with E-state index in [2.05, 4.69) is 20.8 Å². The lowest BCUT2D eigenvalue weighted by molar-refractivity contribution is 0.309. The third kappa shape index (κ3) is 3.74. The first-order valence-electron chi connectivity index (χ1n) is 6.75. The van der Waals surface area contributed by atoms with Gasteiger partial charge in [0.2, 0.25) is 10.0 Å². The van der Waals surface area contributed by atoms with Crippen molar-refractivity contribution in [3.8, 4) is 0 Å². The molecule has 1 aliphatic heterocycles. The Labute approximate surface area is 133 Å². The van der Waals surface area contributed by atoms with E-state index < -0.39 is 20.7 Å². The van der Waals surface area contributed by atoms with Crippen LogP contribution in [0.15, 0.2) is 21.5 Å². The van der Waals surface area contributed by atoms with Gasteiger partial charge in [-0.25, -0.2) is 12.8 Å². The summed E-state index contributed by atoms with van der Waals surface area (Å²) in [6, 6.07) is 2.50. The maximum atomic E-state index is 14.1. The van der Waals surface area contributed by atoms with E-state index in [9.17, 15) is 12.8 Å². The van der Waals surface area contributed by atoms with Crippen LogP contribution >= 0.6 is 15.9 Å². The first-order chi connectivity index (χ1) is 9.82. The second-order valence-electron chi connectivity index (χ2n) is 5.19. The molecule has 5 nitrogen and oxygen atoms in total. The molecule has 1 aliphatic rings. The highest BCUT2D eigenvalue weighted by molar-refractivity contribution is 9.10. The lowest BCUT2D eigenvalue weighted by atomic mass is 10.3. The molecular formula is C13H19BrFN3O2S. The summed E-state index contributed by atoms with van der Waals surface area (Å²) in [4.78, 5) is 1.82. The van der Waals surface area contributed by atoms with Gasteiger partial charge in [0.05, 0.1) is 4.47 Å². The highest BCUT2D eigenvalue weighted by Crippen LogP contribution is 2.27. The Morgan fingerprint density at radius 1 is 1.38 bits per heavy atom. The van der Waals surface area contributed by atoms with Gasteiger partial charge in [0, 0.05) is 25.8 Å². The molecular weight excluding hydrogens is 361 g/mol. The molecule has 1 aromatic carbocycles. The molecule has 0 atom stereocenters. The summed E-state index contributed by atoms with van der Waals surface area (Å²) < 4.78 is 40.2. The SMILES string of the molecule is CN(CCN1CCCC1)S(=O)(=O)c1cc(N)cc(Br)c1F. The van der Waals surface area contributed by atoms with E-state index in [1.165, 1.54) is 17.4 Å². The Balaban J connectivity index is 2.16. The molecule has 0 aliphatic carbocycles. The van der Waals surface area contributed by atoms with Gasteiger partial charge < -0.3 is 10.6 Å². The van der Waals surface area contributed by atoms with Gasteiger partial charge in [-0.2, -0.15) is 4.31 Å². The summed E-state index contributed by atoms with van der Waals surface area (Å²) in [5.74, 6) is -0.808. The number of nitrogen functional groups attached to an aromatic ring is 1. The minimum Gasteiger partial charge on any atom is -0.399 e. The number of likely N-dealkylation sites (N-methyl/N-ethyl adjacent to an activating group) is 1. The Morgan fingerprint density at radius 3 is 2.62 bits per heavy atom. The topological polar surface area (TPSA) is 66.6 Å². The summed E-state index contributed by atoms with van der Waals surface area (Å²) in [7, 11) is -2.42. The lowest BCUT2D eigenvalue weighted by Gasteiger charge is -2.21. The number of halogens is 2. The Kier molecular flexibility index (Phi) is 5.24. The van der Waals surface area contributed by atoms with Crippen LogP contribution in [0.3, 0.4) is 0 Å². The van der Waals surface area contributed by atoms with Crippen LogP contribution in [0.2, 0.25) is 0 Å². The van der Waals surface area contributed by atoms with Gasteiger partial charge in [0.15, 0.2) is 5.82 Å². The van der Waals surface area contributed by atoms with Crippen LogP contribution in [-0.4, -0.2) is 50.8 Å². The summed E-state index contributed by atoms with van der Waals surface area (Å²) in [5.41, 5.74) is 5.81. The summed E-state index contributed by atoms with van der Waals surface area (Å²) in [6.07, 6.45) is 2.29. The molecule has 0 saturated carbocycles. The number of nitrogens with two attached hydrogens (primary N) is 1. The molecule has 1 saturated heterocycles. The van der Waals surface area contributed by atoms with Crippen molar-refractivity contribution in [1.82, 2.24) is 9.21 Å². The fourth-order valence-electron chi connectivity index (χ4n) is 2.35. The quantitative estimate of drug-likeness (QED) is 0.793. The van der Waals surface area contributed by atoms with E-state index in [1.807, 2.05) is 0 Å². The van der Waals surface area contributed by atoms with Crippen LogP contribution in [0.25, 0.3) is 0 Å². The van der Waals surface area contributed by atoms with E-state index in [4.69, 9.17) is 5.73 Å². The van der Waals surface area contributed by atoms with Crippen LogP contribution in [-0.2, 0) is 10.0 Å². The van der Waals surface area contributed by atoms with Crippen LogP contribution in [0, 0.1) is 5.82 Å². The Bertz CT molecular complexity index is 618. The standard InChI is InChI=1S/C13H19BrFN3O2S/c1-17(6-7-18-4-2-3-5-18)21(19,20)12-9-10(16)8-11(14)13(12)15/h8-9H,2-7,16H2,1H3. The number of hydrogen-bond donors (Lipinski definition) is 1. The molecule has 0 amide bonds. The number of anilines is 1. The van der Waals surface area contributed by atoms with E-state index in [0.29, 0.717) is 13.1 Å². The van der Waals surface area contributed by atoms with Crippen LogP contribution < -0.4 is 5.73 Å². The molecule has 1 heterocycles. The Hall–Kier alpha value is -0.700. The minimum absolute atomic E-state index is 0.0500. The largest absolute Gasteiger partial charge is 0.399 e. The van der Waals surface area contributed by atoms with Gasteiger partial charge in [-0.1, -0.05) is 0 Å². The molecule has 8 heteroatoms. The fourth-order valence-corrected chi connectivity index (χ4v) is 4.24. The molecule has 0 spiro atoms. The predicted octanol–water partition coefficient (Wildman–Crippen LogP) is 1.89. The van der Waals surface area contributed by atoms with Crippen molar-refractivity contribution in [2.75, 3.05) is 39.0 Å². The smallest absolute Gasteiger partial charge is 0.245 e. The first-order valence-corrected chi connectivity index (χ1v) is 8.99. The van der Waals surface area contributed by atoms with Gasteiger partial charge in [0.1, 0.15) is 4.90 Å². The molecule has 1 fully saturated rings. The molecule has 0 radical (unpaired) electrons. The number of benzene rings is 1. The molecule has 2 rings (SSSR count). The third-order valence-corrected chi connectivity index (χ3v) is 6.07. The minimum atomic E-state index is -3.88. The number of hydrogen-bond acceptors (Lipinski definition) is 4. The van der Waals surface area contributed by atoms with Crippen LogP contribution in [0.4, 0.5) is 10.1 Å². The van der Waals surface area contributed by atoms with Crippen LogP contribution in [0.5, 0.6) is 0 Å². The molecule has 118 valence electrons. The maximum absolute atomic E-state index is 14.1. The molecule has 0 unspecified atom stereocenters. The molecule has 1 aromatic rings. The van der Waals surface area contributed by atoms with Crippen molar-refractivity contribution in [3.63, 3.8) is 0 Å². The first kappa shape index (κ1) is 16.7. The van der Waals surface area contributed by atoms with Crippen molar-refractivity contribution in [2.45, 2.75) is 17.7 Å². The van der Waals surface area contributed by atoms with Gasteiger partial charge in [-0.3, -0.25) is 0 Å². The van der Waals surface area contributed by atoms with E-state index in [1.54, 1.807) is 0 Å². The molecule has 0 bridgehead atoms. The van der Waals surface area contributed by atoms with Crippen molar-refractivity contribution in [3.05, 3.63) is 22.4 Å². The van der Waals surface area contributed by atoms with Gasteiger partial charge in [-0.15, -0.1) is 0 Å². The normalized spacial score (nSPS) is 16.8. The zero-order valence-corrected chi connectivity index (χ0v) is 14.3. The second kappa shape index (κ2) is 6.60. The highest BCUT2D eigenvalue weighted by Gasteiger charge is 2.27. The van der Waals surface area contributed by atoms with Crippen LogP contribution in [0.1, 0.15) is 12.8 Å². The van der Waals surface area contributed by atoms with Crippen molar-refractivity contribution < 1.29 is 12.8 Å². The maximum Gasteiger partial charge on any atom is 0.245 e. The molecule has 2 N–H and O–H groups in total. The number of sulfonamides is 1. The average molecular weight is 380 g/mol. The number of nitrogens with zero attached hydrogens (tertiary/aromatic N) is 2. The number of rotatable bonds is 5. The highest BCUT2D eigenvalue weighted by atomic mass is 79.9. The van der Waals surface area contributed by atoms with Crippen molar-refractivity contribution >= 4 is 31.6 Å². The monoisotopic (exact) mass is 379 g/mol. The van der Waals surface area contributed by atoms with E-state index in [-0.39, 0.29) is 10.2 Å². The summed E-state index contributed by atoms with van der Waals surface area (Å²) in [5, 5.41) is 0. The number of likely N-dealkylation sites (tertiary alicyclic amines) is 1. The zero-order chi connectivity index (χ0) is 15.6. The van der Waals surface area contributed by atoms with Gasteiger partial charge in [0.25, 0.3) is 0 Å². The summed E-state index contributed by atoms with van der Waals surface area (Å²) >= 11 is 2.99. The fraction of sp³-hybridized carbons (Fsp3) is 0.538. The zero-order valence-electron chi connectivity index (χ0n) is 11.8. The van der Waals surface area contributed by atoms with Crippen molar-refractivity contribution in [2.24, 2.45) is 0 Å². The predicted molar refractivity (Wildman–Crippen MR) is 84.0 cm³/mol.